The number of thioether (sulfide) groups is 1. The Kier molecular flexibility index (Phi) is 16.5. The molecule has 8 nitrogen and oxygen atoms in total. The minimum absolute atomic E-state index is 0.0576. The highest BCUT2D eigenvalue weighted by molar-refractivity contribution is 8.24. The number of carbonyl (C=O) groups is 2. The van der Waals surface area contributed by atoms with Crippen molar-refractivity contribution in [1.29, 1.82) is 0 Å². The molecule has 1 amide bonds. The highest BCUT2D eigenvalue weighted by Gasteiger charge is 2.40. The first-order chi connectivity index (χ1) is 21.2. The number of carbonyl (C=O) groups excluding carboxylic acids is 2. The van der Waals surface area contributed by atoms with E-state index >= 15 is 0 Å². The minimum Gasteiger partial charge on any atom is -0.462 e. The second kappa shape index (κ2) is 19.0. The Morgan fingerprint density at radius 2 is 1.58 bits per heavy atom. The summed E-state index contributed by atoms with van der Waals surface area (Å²) in [6, 6.07) is 9.24. The van der Waals surface area contributed by atoms with Crippen LogP contribution >= 0.6 is 24.0 Å². The van der Waals surface area contributed by atoms with Gasteiger partial charge in [-0.05, 0) is 51.5 Å². The van der Waals surface area contributed by atoms with Crippen molar-refractivity contribution in [3.8, 4) is 0 Å². The van der Waals surface area contributed by atoms with E-state index in [1.807, 2.05) is 44.2 Å². The van der Waals surface area contributed by atoms with Crippen LogP contribution in [0.4, 0.5) is 0 Å². The molecule has 0 spiro atoms. The topological polar surface area (TPSA) is 114 Å². The molecule has 2 rings (SSSR count). The fourth-order valence-corrected chi connectivity index (χ4v) is 8.21. The van der Waals surface area contributed by atoms with E-state index in [0.29, 0.717) is 10.6 Å². The largest absolute Gasteiger partial charge is 0.462 e. The van der Waals surface area contributed by atoms with E-state index in [9.17, 15) is 22.6 Å². The molecule has 11 heteroatoms. The second-order valence-electron chi connectivity index (χ2n) is 13.3. The van der Waals surface area contributed by atoms with Crippen molar-refractivity contribution in [2.45, 2.75) is 140 Å². The molecule has 1 aliphatic rings. The minimum atomic E-state index is -4.37. The maximum atomic E-state index is 14.0. The zero-order chi connectivity index (χ0) is 33.5. The fourth-order valence-electron chi connectivity index (χ4n) is 5.71. The first-order valence-corrected chi connectivity index (χ1v) is 19.2. The van der Waals surface area contributed by atoms with Gasteiger partial charge in [0.2, 0.25) is 11.4 Å². The van der Waals surface area contributed by atoms with Gasteiger partial charge in [0.05, 0.1) is 26.7 Å². The Bertz CT molecular complexity index is 1240. The Labute approximate surface area is 280 Å². The van der Waals surface area contributed by atoms with E-state index in [1.54, 1.807) is 0 Å². The van der Waals surface area contributed by atoms with Crippen LogP contribution in [0.1, 0.15) is 123 Å². The van der Waals surface area contributed by atoms with E-state index in [0.717, 1.165) is 55.9 Å². The Morgan fingerprint density at radius 3 is 2.07 bits per heavy atom. The predicted octanol–water partition coefficient (Wildman–Crippen LogP) is 7.95. The number of thiocarbonyl (C=S) groups is 1. The molecule has 1 fully saturated rings. The lowest BCUT2D eigenvalue weighted by Crippen LogP contribution is -2.51. The number of benzene rings is 1. The maximum Gasteiger partial charge on any atom is 0.309 e. The van der Waals surface area contributed by atoms with Crippen molar-refractivity contribution < 1.29 is 27.3 Å². The summed E-state index contributed by atoms with van der Waals surface area (Å²) in [5.74, 6) is -2.34. The SMILES string of the molecule is [C-]#[N+]C(C)(CC)CC(CC(SC(=S)c1ccccc1)C(=O)NC(C)(C)CS(=O)(=O)O)C(=O)OC1CCCCCCCCCCC1. The van der Waals surface area contributed by atoms with Crippen LogP contribution in [0.15, 0.2) is 30.3 Å². The van der Waals surface area contributed by atoms with Gasteiger partial charge in [-0.15, -0.1) is 11.8 Å². The second-order valence-corrected chi connectivity index (χ2v) is 16.6. The number of nitrogens with one attached hydrogen (secondary N) is 1. The van der Waals surface area contributed by atoms with Gasteiger partial charge in [-0.2, -0.15) is 8.42 Å². The normalized spacial score (nSPS) is 18.6. The number of rotatable bonds is 13. The number of ether oxygens (including phenoxy) is 1. The number of amides is 1. The summed E-state index contributed by atoms with van der Waals surface area (Å²) in [5.41, 5.74) is -1.36. The lowest BCUT2D eigenvalue weighted by Gasteiger charge is -2.30. The van der Waals surface area contributed by atoms with Gasteiger partial charge in [-0.3, -0.25) is 14.1 Å². The van der Waals surface area contributed by atoms with Gasteiger partial charge < -0.3 is 14.9 Å². The summed E-state index contributed by atoms with van der Waals surface area (Å²) in [5, 5.41) is 1.88. The molecule has 0 bridgehead atoms. The molecule has 0 aromatic heterocycles. The summed E-state index contributed by atoms with van der Waals surface area (Å²) >= 11 is 6.84. The van der Waals surface area contributed by atoms with Crippen LogP contribution in [0.5, 0.6) is 0 Å². The Hall–Kier alpha value is -2.00. The van der Waals surface area contributed by atoms with Crippen molar-refractivity contribution in [3.05, 3.63) is 47.3 Å². The van der Waals surface area contributed by atoms with Crippen LogP contribution in [0, 0.1) is 12.5 Å². The number of hydrogen-bond donors (Lipinski definition) is 2. The Morgan fingerprint density at radius 1 is 1.04 bits per heavy atom. The number of nitrogens with zero attached hydrogens (tertiary/aromatic N) is 1. The summed E-state index contributed by atoms with van der Waals surface area (Å²) in [7, 11) is -4.37. The predicted molar refractivity (Wildman–Crippen MR) is 187 cm³/mol. The average molecular weight is 681 g/mol. The van der Waals surface area contributed by atoms with Crippen LogP contribution in [0.3, 0.4) is 0 Å². The summed E-state index contributed by atoms with van der Waals surface area (Å²) in [6.45, 7) is 14.6. The zero-order valence-electron chi connectivity index (χ0n) is 27.4. The average Bonchev–Trinajstić information content (AvgIpc) is 2.96. The molecule has 0 radical (unpaired) electrons. The molecule has 1 saturated carbocycles. The lowest BCUT2D eigenvalue weighted by molar-refractivity contribution is -0.156. The molecular formula is C34H52N2O6S3. The van der Waals surface area contributed by atoms with Gasteiger partial charge in [0.25, 0.3) is 10.1 Å². The smallest absolute Gasteiger partial charge is 0.309 e. The zero-order valence-corrected chi connectivity index (χ0v) is 29.8. The van der Waals surface area contributed by atoms with Crippen molar-refractivity contribution in [1.82, 2.24) is 5.32 Å². The highest BCUT2D eigenvalue weighted by Crippen LogP contribution is 2.34. The van der Waals surface area contributed by atoms with Crippen molar-refractivity contribution in [2.75, 3.05) is 5.75 Å². The third kappa shape index (κ3) is 15.4. The molecule has 1 aromatic carbocycles. The van der Waals surface area contributed by atoms with Gasteiger partial charge in [0.15, 0.2) is 0 Å². The molecule has 45 heavy (non-hydrogen) atoms. The molecular weight excluding hydrogens is 629 g/mol. The standard InChI is InChI=1S/C34H52N2O6S3/c1-6-34(4,35-5)24-27(31(38)42-28-21-17-12-10-8-7-9-11-13-18-22-28)23-29(44-32(43)26-19-15-14-16-20-26)30(37)36-33(2,3)25-45(39,40)41/h14-16,19-20,27-29H,6-13,17-18,21-25H2,1-4H3,(H,36,37)(H,39,40,41). The quantitative estimate of drug-likeness (QED) is 0.0934. The van der Waals surface area contributed by atoms with Crippen LogP contribution in [-0.4, -0.2) is 57.2 Å². The molecule has 0 saturated heterocycles. The van der Waals surface area contributed by atoms with Gasteiger partial charge in [-0.25, -0.2) is 6.57 Å². The van der Waals surface area contributed by atoms with Crippen molar-refractivity contribution >= 4 is 50.2 Å². The molecule has 1 aromatic rings. The molecule has 2 N–H and O–H groups in total. The fraction of sp³-hybridized carbons (Fsp3) is 0.706. The van der Waals surface area contributed by atoms with Crippen LogP contribution in [0.2, 0.25) is 0 Å². The van der Waals surface area contributed by atoms with Crippen LogP contribution in [0.25, 0.3) is 4.85 Å². The van der Waals surface area contributed by atoms with Gasteiger partial charge in [0.1, 0.15) is 6.10 Å². The molecule has 3 unspecified atom stereocenters. The summed E-state index contributed by atoms with van der Waals surface area (Å²) < 4.78 is 39.4. The van der Waals surface area contributed by atoms with E-state index in [-0.39, 0.29) is 18.9 Å². The molecule has 0 aliphatic heterocycles. The van der Waals surface area contributed by atoms with E-state index in [1.165, 1.54) is 46.0 Å². The van der Waals surface area contributed by atoms with Crippen LogP contribution < -0.4 is 5.32 Å². The highest BCUT2D eigenvalue weighted by atomic mass is 32.2. The van der Waals surface area contributed by atoms with Gasteiger partial charge in [-0.1, -0.05) is 94.4 Å². The number of esters is 1. The molecule has 1 aliphatic carbocycles. The third-order valence-corrected chi connectivity index (χ3v) is 11.2. The summed E-state index contributed by atoms with van der Waals surface area (Å²) in [4.78, 5) is 31.6. The molecule has 0 heterocycles. The van der Waals surface area contributed by atoms with Crippen molar-refractivity contribution in [2.24, 2.45) is 5.92 Å². The van der Waals surface area contributed by atoms with E-state index in [4.69, 9.17) is 23.5 Å². The Balaban J connectivity index is 2.37. The maximum absolute atomic E-state index is 14.0. The van der Waals surface area contributed by atoms with E-state index < -0.39 is 50.0 Å². The van der Waals surface area contributed by atoms with Crippen LogP contribution in [-0.2, 0) is 24.4 Å². The van der Waals surface area contributed by atoms with Crippen molar-refractivity contribution in [3.63, 3.8) is 0 Å². The first kappa shape index (κ1) is 39.2. The van der Waals surface area contributed by atoms with E-state index in [2.05, 4.69) is 10.2 Å². The van der Waals surface area contributed by atoms with Gasteiger partial charge >= 0.3 is 5.97 Å². The molecule has 252 valence electrons. The monoisotopic (exact) mass is 680 g/mol. The lowest BCUT2D eigenvalue weighted by atomic mass is 9.84. The molecule has 3 atom stereocenters. The first-order valence-electron chi connectivity index (χ1n) is 16.3. The summed E-state index contributed by atoms with van der Waals surface area (Å²) in [6.07, 6.45) is 12.5. The van der Waals surface area contributed by atoms with Gasteiger partial charge in [0, 0.05) is 19.8 Å². The number of hydrogen-bond acceptors (Lipinski definition) is 7. The third-order valence-electron chi connectivity index (χ3n) is 8.44.